The largest absolute Gasteiger partial charge is 0.339 e. The lowest BCUT2D eigenvalue weighted by atomic mass is 9.92. The number of hydrogen-bond acceptors (Lipinski definition) is 4. The summed E-state index contributed by atoms with van der Waals surface area (Å²) in [5, 5.41) is 0.130. The molecule has 0 spiro atoms. The molecule has 8 heteroatoms. The van der Waals surface area contributed by atoms with E-state index in [2.05, 4.69) is 37.5 Å². The number of piperidine rings is 1. The molecule has 1 aromatic carbocycles. The molecule has 3 aromatic rings. The highest BCUT2D eigenvalue weighted by atomic mass is 127. The average molecular weight is 521 g/mol. The van der Waals surface area contributed by atoms with Gasteiger partial charge in [0.2, 0.25) is 0 Å². The van der Waals surface area contributed by atoms with E-state index in [4.69, 9.17) is 11.6 Å². The molecule has 1 aliphatic rings. The predicted octanol–water partition coefficient (Wildman–Crippen LogP) is 4.11. The molecule has 1 aliphatic heterocycles. The van der Waals surface area contributed by atoms with Crippen molar-refractivity contribution in [2.45, 2.75) is 18.8 Å². The molecule has 148 valence electrons. The number of aromatic nitrogens is 3. The molecule has 0 bridgehead atoms. The molecule has 3 heterocycles. The summed E-state index contributed by atoms with van der Waals surface area (Å²) in [7, 11) is 0. The fourth-order valence-electron chi connectivity index (χ4n) is 3.55. The van der Waals surface area contributed by atoms with Crippen molar-refractivity contribution in [2.75, 3.05) is 13.1 Å². The van der Waals surface area contributed by atoms with Gasteiger partial charge in [-0.05, 0) is 59.7 Å². The van der Waals surface area contributed by atoms with Crippen LogP contribution in [0.5, 0.6) is 0 Å². The normalized spacial score (nSPS) is 14.8. The van der Waals surface area contributed by atoms with E-state index in [1.165, 1.54) is 0 Å². The minimum Gasteiger partial charge on any atom is -0.339 e. The van der Waals surface area contributed by atoms with Crippen LogP contribution in [0.3, 0.4) is 0 Å². The predicted molar refractivity (Wildman–Crippen MR) is 120 cm³/mol. The number of likely N-dealkylation sites (tertiary alicyclic amines) is 1. The van der Waals surface area contributed by atoms with Gasteiger partial charge in [-0.25, -0.2) is 4.98 Å². The lowest BCUT2D eigenvalue weighted by Gasteiger charge is -2.32. The minimum atomic E-state index is -0.346. The first-order chi connectivity index (χ1) is 14.0. The summed E-state index contributed by atoms with van der Waals surface area (Å²) >= 11 is 8.49. The maximum absolute atomic E-state index is 12.8. The van der Waals surface area contributed by atoms with Crippen LogP contribution in [0.2, 0.25) is 5.02 Å². The molecule has 2 aromatic heterocycles. The summed E-state index contributed by atoms with van der Waals surface area (Å²) in [4.78, 5) is 38.4. The van der Waals surface area contributed by atoms with Gasteiger partial charge in [-0.1, -0.05) is 23.7 Å². The summed E-state index contributed by atoms with van der Waals surface area (Å²) in [5.41, 5.74) is 1.75. The number of amides is 1. The van der Waals surface area contributed by atoms with Crippen LogP contribution in [-0.2, 0) is 0 Å². The highest BCUT2D eigenvalue weighted by Crippen LogP contribution is 2.31. The zero-order chi connectivity index (χ0) is 20.4. The Bertz CT molecular complexity index is 1100. The van der Waals surface area contributed by atoms with E-state index in [9.17, 15) is 9.59 Å². The molecule has 0 aliphatic carbocycles. The SMILES string of the molecule is O=C(c1ccccc1I)N1CCC(c2nc(-c3ccncc3)[nH]c(=O)c2Cl)CC1. The zero-order valence-electron chi connectivity index (χ0n) is 15.4. The molecule has 1 saturated heterocycles. The number of rotatable bonds is 3. The smallest absolute Gasteiger partial charge is 0.270 e. The molecular formula is C21H18ClIN4O2. The third kappa shape index (κ3) is 4.20. The number of pyridine rings is 1. The van der Waals surface area contributed by atoms with Crippen LogP contribution in [0, 0.1) is 3.57 Å². The van der Waals surface area contributed by atoms with E-state index in [1.54, 1.807) is 24.5 Å². The minimum absolute atomic E-state index is 0.0317. The fraction of sp³-hybridized carbons (Fsp3) is 0.238. The van der Waals surface area contributed by atoms with Crippen molar-refractivity contribution >= 4 is 40.1 Å². The van der Waals surface area contributed by atoms with Gasteiger partial charge in [0.15, 0.2) is 0 Å². The molecule has 0 atom stereocenters. The molecule has 0 unspecified atom stereocenters. The highest BCUT2D eigenvalue weighted by Gasteiger charge is 2.28. The number of carbonyl (C=O) groups excluding carboxylic acids is 1. The monoisotopic (exact) mass is 520 g/mol. The first-order valence-electron chi connectivity index (χ1n) is 9.28. The van der Waals surface area contributed by atoms with E-state index in [-0.39, 0.29) is 22.4 Å². The summed E-state index contributed by atoms with van der Waals surface area (Å²) in [5.74, 6) is 0.550. The van der Waals surface area contributed by atoms with Gasteiger partial charge in [-0.15, -0.1) is 0 Å². The molecule has 1 amide bonds. The van der Waals surface area contributed by atoms with Gasteiger partial charge < -0.3 is 9.88 Å². The number of hydrogen-bond donors (Lipinski definition) is 1. The van der Waals surface area contributed by atoms with Gasteiger partial charge in [0.25, 0.3) is 11.5 Å². The van der Waals surface area contributed by atoms with Crippen LogP contribution in [0.15, 0.2) is 53.6 Å². The van der Waals surface area contributed by atoms with E-state index < -0.39 is 0 Å². The Morgan fingerprint density at radius 3 is 2.52 bits per heavy atom. The number of benzene rings is 1. The quantitative estimate of drug-likeness (QED) is 0.527. The number of carbonyl (C=O) groups is 1. The first kappa shape index (κ1) is 20.0. The van der Waals surface area contributed by atoms with Gasteiger partial charge in [-0.3, -0.25) is 14.6 Å². The molecule has 0 saturated carbocycles. The van der Waals surface area contributed by atoms with Crippen molar-refractivity contribution in [3.05, 3.63) is 79.0 Å². The molecule has 1 N–H and O–H groups in total. The molecule has 1 fully saturated rings. The van der Waals surface area contributed by atoms with E-state index in [1.807, 2.05) is 29.2 Å². The second kappa shape index (κ2) is 8.62. The molecule has 6 nitrogen and oxygen atoms in total. The standard InChI is InChI=1S/C21H18ClIN4O2/c22-17-18(25-19(26-20(17)28)14-5-9-24-10-6-14)13-7-11-27(12-8-13)21(29)15-3-1-2-4-16(15)23/h1-6,9-10,13H,7-8,11-12H2,(H,25,26,28). The van der Waals surface area contributed by atoms with Crippen molar-refractivity contribution in [1.29, 1.82) is 0 Å². The van der Waals surface area contributed by atoms with Gasteiger partial charge >= 0.3 is 0 Å². The third-order valence-electron chi connectivity index (χ3n) is 5.12. The summed E-state index contributed by atoms with van der Waals surface area (Å²) in [6.45, 7) is 1.20. The van der Waals surface area contributed by atoms with Crippen molar-refractivity contribution in [3.63, 3.8) is 0 Å². The maximum atomic E-state index is 12.8. The van der Waals surface area contributed by atoms with Gasteiger partial charge in [0.1, 0.15) is 10.8 Å². The molecule has 0 radical (unpaired) electrons. The van der Waals surface area contributed by atoms with Crippen LogP contribution in [0.25, 0.3) is 11.4 Å². The maximum Gasteiger partial charge on any atom is 0.270 e. The number of H-pyrrole nitrogens is 1. The first-order valence-corrected chi connectivity index (χ1v) is 10.7. The highest BCUT2D eigenvalue weighted by molar-refractivity contribution is 14.1. The second-order valence-electron chi connectivity index (χ2n) is 6.90. The van der Waals surface area contributed by atoms with Crippen LogP contribution >= 0.6 is 34.2 Å². The molecular weight excluding hydrogens is 503 g/mol. The Hall–Kier alpha value is -2.26. The Labute approximate surface area is 186 Å². The Balaban J connectivity index is 1.54. The van der Waals surface area contributed by atoms with Crippen LogP contribution in [0.1, 0.15) is 34.8 Å². The number of nitrogens with one attached hydrogen (secondary N) is 1. The summed E-state index contributed by atoms with van der Waals surface area (Å²) < 4.78 is 0.943. The van der Waals surface area contributed by atoms with Gasteiger partial charge in [0, 0.05) is 40.5 Å². The summed E-state index contributed by atoms with van der Waals surface area (Å²) in [6, 6.07) is 11.2. The van der Waals surface area contributed by atoms with Gasteiger partial charge in [-0.2, -0.15) is 0 Å². The van der Waals surface area contributed by atoms with Gasteiger partial charge in [0.05, 0.1) is 11.3 Å². The van der Waals surface area contributed by atoms with Crippen LogP contribution in [-0.4, -0.2) is 38.8 Å². The number of nitrogens with zero attached hydrogens (tertiary/aromatic N) is 3. The van der Waals surface area contributed by atoms with Crippen molar-refractivity contribution in [2.24, 2.45) is 0 Å². The Morgan fingerprint density at radius 1 is 1.14 bits per heavy atom. The second-order valence-corrected chi connectivity index (χ2v) is 8.44. The molecule has 29 heavy (non-hydrogen) atoms. The summed E-state index contributed by atoms with van der Waals surface area (Å²) in [6.07, 6.45) is 4.72. The van der Waals surface area contributed by atoms with Crippen LogP contribution < -0.4 is 5.56 Å². The number of aromatic amines is 1. The Kier molecular flexibility index (Phi) is 5.96. The third-order valence-corrected chi connectivity index (χ3v) is 6.42. The van der Waals surface area contributed by atoms with Crippen molar-refractivity contribution in [1.82, 2.24) is 19.9 Å². The average Bonchev–Trinajstić information content (AvgIpc) is 2.76. The topological polar surface area (TPSA) is 79.0 Å². The van der Waals surface area contributed by atoms with E-state index >= 15 is 0 Å². The Morgan fingerprint density at radius 2 is 1.83 bits per heavy atom. The van der Waals surface area contributed by atoms with Crippen LogP contribution in [0.4, 0.5) is 0 Å². The lowest BCUT2D eigenvalue weighted by Crippen LogP contribution is -2.38. The fourth-order valence-corrected chi connectivity index (χ4v) is 4.42. The lowest BCUT2D eigenvalue weighted by molar-refractivity contribution is 0.0711. The zero-order valence-corrected chi connectivity index (χ0v) is 18.4. The molecule has 4 rings (SSSR count). The van der Waals surface area contributed by atoms with Crippen molar-refractivity contribution < 1.29 is 4.79 Å². The van der Waals surface area contributed by atoms with E-state index in [0.29, 0.717) is 37.4 Å². The van der Waals surface area contributed by atoms with E-state index in [0.717, 1.165) is 14.7 Å². The van der Waals surface area contributed by atoms with Crippen molar-refractivity contribution in [3.8, 4) is 11.4 Å². The number of halogens is 2.